The third kappa shape index (κ3) is 8.44. The highest BCUT2D eigenvalue weighted by Crippen LogP contribution is 2.19. The fourth-order valence-corrected chi connectivity index (χ4v) is 4.33. The summed E-state index contributed by atoms with van der Waals surface area (Å²) in [6.45, 7) is 6.92. The van der Waals surface area contributed by atoms with Crippen LogP contribution < -0.4 is 33.4 Å². The molecule has 1 aromatic heterocycles. The van der Waals surface area contributed by atoms with E-state index < -0.39 is 0 Å². The van der Waals surface area contributed by atoms with Gasteiger partial charge in [0.2, 0.25) is 11.2 Å². The SMILES string of the molecule is CCCCCCN(CCCCCC)c1ccc(/C=C/c2ccc3ccccc3[n+]2C)cc1.[I-]. The summed E-state index contributed by atoms with van der Waals surface area (Å²) < 4.78 is 2.26. The zero-order valence-electron chi connectivity index (χ0n) is 20.8. The fraction of sp³-hybridized carbons (Fsp3) is 0.433. The summed E-state index contributed by atoms with van der Waals surface area (Å²) in [5.74, 6) is 0. The molecule has 0 saturated heterocycles. The Bertz CT molecular complexity index is 966. The summed E-state index contributed by atoms with van der Waals surface area (Å²) >= 11 is 0. The molecule has 3 rings (SSSR count). The summed E-state index contributed by atoms with van der Waals surface area (Å²) in [6, 6.07) is 22.1. The number of pyridine rings is 1. The van der Waals surface area contributed by atoms with Crippen molar-refractivity contribution in [2.45, 2.75) is 65.2 Å². The van der Waals surface area contributed by atoms with Crippen molar-refractivity contribution < 1.29 is 28.5 Å². The first-order chi connectivity index (χ1) is 15.7. The monoisotopic (exact) mass is 556 g/mol. The Hall–Kier alpha value is -1.88. The summed E-state index contributed by atoms with van der Waals surface area (Å²) in [4.78, 5) is 2.60. The minimum atomic E-state index is 0. The van der Waals surface area contributed by atoms with Crippen molar-refractivity contribution in [2.75, 3.05) is 18.0 Å². The third-order valence-electron chi connectivity index (χ3n) is 6.39. The van der Waals surface area contributed by atoms with Crippen LogP contribution in [0, 0.1) is 0 Å². The summed E-state index contributed by atoms with van der Waals surface area (Å²) in [5.41, 5.74) is 5.08. The van der Waals surface area contributed by atoms with E-state index >= 15 is 0 Å². The summed E-state index contributed by atoms with van der Waals surface area (Å²) in [5, 5.41) is 1.27. The first-order valence-corrected chi connectivity index (χ1v) is 12.6. The Morgan fingerprint density at radius 3 is 1.97 bits per heavy atom. The van der Waals surface area contributed by atoms with Crippen LogP contribution in [0.1, 0.15) is 76.5 Å². The number of halogens is 1. The molecule has 0 fully saturated rings. The molecule has 0 N–H and O–H groups in total. The van der Waals surface area contributed by atoms with Gasteiger partial charge < -0.3 is 28.9 Å². The lowest BCUT2D eigenvalue weighted by Crippen LogP contribution is -3.00. The van der Waals surface area contributed by atoms with Crippen LogP contribution in [-0.4, -0.2) is 13.1 Å². The molecule has 0 saturated carbocycles. The highest BCUT2D eigenvalue weighted by Gasteiger charge is 2.09. The first kappa shape index (κ1) is 27.4. The van der Waals surface area contributed by atoms with E-state index in [2.05, 4.69) is 103 Å². The number of fused-ring (bicyclic) bond motifs is 1. The van der Waals surface area contributed by atoms with Crippen molar-refractivity contribution in [1.29, 1.82) is 0 Å². The maximum atomic E-state index is 2.60. The smallest absolute Gasteiger partial charge is 0.212 e. The van der Waals surface area contributed by atoms with E-state index in [1.807, 2.05) is 0 Å². The lowest BCUT2D eigenvalue weighted by Gasteiger charge is -2.25. The van der Waals surface area contributed by atoms with Crippen LogP contribution in [-0.2, 0) is 7.05 Å². The van der Waals surface area contributed by atoms with E-state index in [9.17, 15) is 0 Å². The van der Waals surface area contributed by atoms with Crippen LogP contribution in [0.5, 0.6) is 0 Å². The molecule has 33 heavy (non-hydrogen) atoms. The second-order valence-electron chi connectivity index (χ2n) is 8.91. The predicted molar refractivity (Wildman–Crippen MR) is 141 cm³/mol. The van der Waals surface area contributed by atoms with E-state index in [1.165, 1.54) is 92.3 Å². The topological polar surface area (TPSA) is 7.12 Å². The zero-order valence-corrected chi connectivity index (χ0v) is 22.9. The predicted octanol–water partition coefficient (Wildman–Crippen LogP) is 4.81. The maximum Gasteiger partial charge on any atom is 0.212 e. The van der Waals surface area contributed by atoms with Gasteiger partial charge in [0.15, 0.2) is 0 Å². The van der Waals surface area contributed by atoms with Gasteiger partial charge in [-0.1, -0.05) is 76.6 Å². The quantitative estimate of drug-likeness (QED) is 0.167. The number of benzene rings is 2. The van der Waals surface area contributed by atoms with Crippen LogP contribution in [0.25, 0.3) is 23.1 Å². The Labute approximate surface area is 218 Å². The van der Waals surface area contributed by atoms with Gasteiger partial charge in [-0.3, -0.25) is 0 Å². The molecule has 0 spiro atoms. The molecular weight excluding hydrogens is 515 g/mol. The first-order valence-electron chi connectivity index (χ1n) is 12.6. The Morgan fingerprint density at radius 2 is 1.33 bits per heavy atom. The molecular formula is C30H41IN2. The molecule has 0 aliphatic carbocycles. The highest BCUT2D eigenvalue weighted by molar-refractivity contribution is 5.77. The molecule has 0 bridgehead atoms. The van der Waals surface area contributed by atoms with Gasteiger partial charge in [-0.2, -0.15) is 4.57 Å². The average molecular weight is 557 g/mol. The van der Waals surface area contributed by atoms with Crippen LogP contribution >= 0.6 is 0 Å². The zero-order chi connectivity index (χ0) is 22.6. The number of anilines is 1. The van der Waals surface area contributed by atoms with Crippen LogP contribution in [0.4, 0.5) is 5.69 Å². The molecule has 0 atom stereocenters. The molecule has 1 heterocycles. The molecule has 0 aliphatic heterocycles. The Kier molecular flexibility index (Phi) is 12.5. The minimum Gasteiger partial charge on any atom is -1.00 e. The van der Waals surface area contributed by atoms with Gasteiger partial charge in [0.25, 0.3) is 0 Å². The van der Waals surface area contributed by atoms with Gasteiger partial charge in [-0.15, -0.1) is 0 Å². The number of aryl methyl sites for hydroxylation is 1. The molecule has 0 aliphatic rings. The Morgan fingerprint density at radius 1 is 0.697 bits per heavy atom. The number of para-hydroxylation sites is 1. The molecule has 0 radical (unpaired) electrons. The van der Waals surface area contributed by atoms with Crippen molar-refractivity contribution in [3.8, 4) is 0 Å². The second-order valence-corrected chi connectivity index (χ2v) is 8.91. The van der Waals surface area contributed by atoms with Gasteiger partial charge >= 0.3 is 0 Å². The number of unbranched alkanes of at least 4 members (excludes halogenated alkanes) is 6. The van der Waals surface area contributed by atoms with Crippen molar-refractivity contribution in [1.82, 2.24) is 0 Å². The number of nitrogens with zero attached hydrogens (tertiary/aromatic N) is 2. The molecule has 3 heteroatoms. The number of hydrogen-bond donors (Lipinski definition) is 0. The molecule has 3 aromatic rings. The van der Waals surface area contributed by atoms with E-state index in [0.717, 1.165) is 0 Å². The average Bonchev–Trinajstić information content (AvgIpc) is 2.83. The van der Waals surface area contributed by atoms with E-state index in [-0.39, 0.29) is 24.0 Å². The van der Waals surface area contributed by atoms with Crippen LogP contribution in [0.2, 0.25) is 0 Å². The molecule has 2 aromatic carbocycles. The normalized spacial score (nSPS) is 11.1. The van der Waals surface area contributed by atoms with Crippen molar-refractivity contribution in [3.63, 3.8) is 0 Å². The lowest BCUT2D eigenvalue weighted by atomic mass is 10.1. The van der Waals surface area contributed by atoms with Gasteiger partial charge in [0, 0.05) is 42.4 Å². The second kappa shape index (κ2) is 15.1. The summed E-state index contributed by atoms with van der Waals surface area (Å²) in [7, 11) is 2.14. The number of rotatable bonds is 13. The molecule has 0 unspecified atom stereocenters. The third-order valence-corrected chi connectivity index (χ3v) is 6.39. The standard InChI is InChI=1S/C30H41N2.HI/c1-4-6-8-12-24-32(25-13-9-7-5-2)29-21-17-26(18-22-29)16-20-28-23-19-27-14-10-11-15-30(27)31(28)3;/h10-11,14-23H,4-9,12-13,24-25H2,1-3H3;1H/q+1;/p-1. The fourth-order valence-electron chi connectivity index (χ4n) is 4.33. The molecule has 2 nitrogen and oxygen atoms in total. The summed E-state index contributed by atoms with van der Waals surface area (Å²) in [6.07, 6.45) is 15.0. The molecule has 0 amide bonds. The maximum absolute atomic E-state index is 2.60. The largest absolute Gasteiger partial charge is 1.00 e. The number of aromatic nitrogens is 1. The van der Waals surface area contributed by atoms with Crippen molar-refractivity contribution in [3.05, 3.63) is 71.9 Å². The van der Waals surface area contributed by atoms with Crippen LogP contribution in [0.3, 0.4) is 0 Å². The van der Waals surface area contributed by atoms with Gasteiger partial charge in [0.05, 0.1) is 0 Å². The minimum absolute atomic E-state index is 0. The van der Waals surface area contributed by atoms with Crippen molar-refractivity contribution >= 4 is 28.7 Å². The Balaban J connectivity index is 0.00000385. The highest BCUT2D eigenvalue weighted by atomic mass is 127. The molecule has 178 valence electrons. The van der Waals surface area contributed by atoms with Crippen molar-refractivity contribution in [2.24, 2.45) is 7.05 Å². The van der Waals surface area contributed by atoms with Gasteiger partial charge in [-0.05, 0) is 48.7 Å². The van der Waals surface area contributed by atoms with E-state index in [4.69, 9.17) is 0 Å². The van der Waals surface area contributed by atoms with Crippen LogP contribution in [0.15, 0.2) is 60.7 Å². The van der Waals surface area contributed by atoms with E-state index in [1.54, 1.807) is 0 Å². The lowest BCUT2D eigenvalue weighted by molar-refractivity contribution is -0.646. The van der Waals surface area contributed by atoms with Gasteiger partial charge in [-0.25, -0.2) is 0 Å². The number of hydrogen-bond acceptors (Lipinski definition) is 1. The van der Waals surface area contributed by atoms with Gasteiger partial charge in [0.1, 0.15) is 7.05 Å². The van der Waals surface area contributed by atoms with E-state index in [0.29, 0.717) is 0 Å².